The van der Waals surface area contributed by atoms with Crippen molar-refractivity contribution in [2.75, 3.05) is 5.73 Å². The third-order valence-electron chi connectivity index (χ3n) is 3.66. The molecule has 1 saturated heterocycles. The molecule has 18 heavy (non-hydrogen) atoms. The van der Waals surface area contributed by atoms with Crippen LogP contribution >= 0.6 is 0 Å². The molecule has 1 fully saturated rings. The summed E-state index contributed by atoms with van der Waals surface area (Å²) in [6.45, 7) is 7.80. The maximum Gasteiger partial charge on any atom is 0.516 e. The van der Waals surface area contributed by atoms with E-state index < -0.39 is 18.3 Å². The van der Waals surface area contributed by atoms with E-state index in [1.807, 2.05) is 27.7 Å². The molecule has 1 aromatic rings. The van der Waals surface area contributed by atoms with Crippen molar-refractivity contribution in [3.63, 3.8) is 0 Å². The first-order valence-corrected chi connectivity index (χ1v) is 5.84. The first-order chi connectivity index (χ1) is 8.28. The highest BCUT2D eigenvalue weighted by atomic mass is 16.7. The minimum atomic E-state index is -0.644. The number of aldehydes is 1. The van der Waals surface area contributed by atoms with E-state index in [9.17, 15) is 4.79 Å². The van der Waals surface area contributed by atoms with Crippen LogP contribution in [0.15, 0.2) is 12.3 Å². The quantitative estimate of drug-likeness (QED) is 0.618. The van der Waals surface area contributed by atoms with Crippen molar-refractivity contribution in [3.05, 3.63) is 17.8 Å². The molecular formula is C12H17BN2O3. The van der Waals surface area contributed by atoms with Crippen LogP contribution in [-0.4, -0.2) is 29.6 Å². The summed E-state index contributed by atoms with van der Waals surface area (Å²) in [6, 6.07) is 1.57. The van der Waals surface area contributed by atoms with Gasteiger partial charge in [-0.25, -0.2) is 0 Å². The van der Waals surface area contributed by atoms with Crippen LogP contribution in [0.25, 0.3) is 0 Å². The molecule has 1 aliphatic heterocycles. The lowest BCUT2D eigenvalue weighted by atomic mass is 9.82. The number of pyridine rings is 1. The van der Waals surface area contributed by atoms with E-state index in [1.54, 1.807) is 6.07 Å². The first-order valence-electron chi connectivity index (χ1n) is 5.84. The molecule has 1 aliphatic rings. The van der Waals surface area contributed by atoms with Crippen LogP contribution in [-0.2, 0) is 9.31 Å². The molecule has 0 bridgehead atoms. The number of carbonyl (C=O) groups is 1. The molecule has 1 aromatic heterocycles. The first kappa shape index (κ1) is 13.0. The molecule has 0 amide bonds. The fourth-order valence-corrected chi connectivity index (χ4v) is 1.75. The second-order valence-electron chi connectivity index (χ2n) is 5.41. The molecule has 0 saturated carbocycles. The number of aromatic nitrogens is 1. The average molecular weight is 248 g/mol. The molecule has 2 N–H and O–H groups in total. The van der Waals surface area contributed by atoms with E-state index >= 15 is 0 Å². The third kappa shape index (κ3) is 1.91. The SMILES string of the molecule is CC1(C)OB(c2nccc(C=O)c2N)OC1(C)C. The minimum absolute atomic E-state index is 0.311. The summed E-state index contributed by atoms with van der Waals surface area (Å²) in [4.78, 5) is 15.0. The van der Waals surface area contributed by atoms with Crippen LogP contribution in [0.1, 0.15) is 38.1 Å². The van der Waals surface area contributed by atoms with E-state index in [4.69, 9.17) is 15.0 Å². The maximum atomic E-state index is 10.9. The molecule has 0 unspecified atom stereocenters. The Kier molecular flexibility index (Phi) is 2.95. The predicted molar refractivity (Wildman–Crippen MR) is 69.8 cm³/mol. The molecule has 6 heteroatoms. The Balaban J connectivity index is 2.38. The van der Waals surface area contributed by atoms with Crippen molar-refractivity contribution >= 4 is 24.7 Å². The highest BCUT2D eigenvalue weighted by Gasteiger charge is 2.53. The summed E-state index contributed by atoms with van der Waals surface area (Å²) >= 11 is 0. The normalized spacial score (nSPS) is 21.0. The molecule has 0 atom stereocenters. The van der Waals surface area contributed by atoms with Crippen molar-refractivity contribution in [2.45, 2.75) is 38.9 Å². The van der Waals surface area contributed by atoms with Gasteiger partial charge in [0.25, 0.3) is 0 Å². The van der Waals surface area contributed by atoms with Gasteiger partial charge in [-0.2, -0.15) is 0 Å². The summed E-state index contributed by atoms with van der Waals surface area (Å²) < 4.78 is 11.7. The smallest absolute Gasteiger partial charge is 0.398 e. The predicted octanol–water partition coefficient (Wildman–Crippen LogP) is 0.775. The number of nitrogens with two attached hydrogens (primary N) is 1. The van der Waals surface area contributed by atoms with Crippen molar-refractivity contribution in [3.8, 4) is 0 Å². The molecular weight excluding hydrogens is 231 g/mol. The topological polar surface area (TPSA) is 74.4 Å². The Hall–Kier alpha value is -1.40. The summed E-state index contributed by atoms with van der Waals surface area (Å²) in [5, 5.41) is 0. The summed E-state index contributed by atoms with van der Waals surface area (Å²) in [5.74, 6) is 0. The standard InChI is InChI=1S/C12H17BN2O3/c1-11(2)12(3,4)18-13(17-11)10-9(14)8(7-16)5-6-15-10/h5-7H,14H2,1-4H3. The highest BCUT2D eigenvalue weighted by Crippen LogP contribution is 2.36. The molecule has 0 spiro atoms. The molecule has 96 valence electrons. The second-order valence-corrected chi connectivity index (χ2v) is 5.41. The molecule has 0 aliphatic carbocycles. The van der Waals surface area contributed by atoms with Gasteiger partial charge in [0.1, 0.15) is 0 Å². The van der Waals surface area contributed by atoms with E-state index in [0.717, 1.165) is 0 Å². The van der Waals surface area contributed by atoms with Gasteiger partial charge in [-0.15, -0.1) is 0 Å². The minimum Gasteiger partial charge on any atom is -0.398 e. The summed E-state index contributed by atoms with van der Waals surface area (Å²) in [6.07, 6.45) is 2.23. The van der Waals surface area contributed by atoms with Gasteiger partial charge in [-0.1, -0.05) is 0 Å². The van der Waals surface area contributed by atoms with Gasteiger partial charge < -0.3 is 15.0 Å². The largest absolute Gasteiger partial charge is 0.516 e. The lowest BCUT2D eigenvalue weighted by Gasteiger charge is -2.32. The Morgan fingerprint density at radius 2 is 1.83 bits per heavy atom. The van der Waals surface area contributed by atoms with Crippen LogP contribution < -0.4 is 11.3 Å². The number of rotatable bonds is 2. The monoisotopic (exact) mass is 248 g/mol. The van der Waals surface area contributed by atoms with Gasteiger partial charge in [-0.3, -0.25) is 9.78 Å². The second kappa shape index (κ2) is 4.07. The van der Waals surface area contributed by atoms with E-state index in [-0.39, 0.29) is 0 Å². The van der Waals surface area contributed by atoms with Gasteiger partial charge in [0.15, 0.2) is 6.29 Å². The Morgan fingerprint density at radius 3 is 2.33 bits per heavy atom. The number of hydrogen-bond acceptors (Lipinski definition) is 5. The highest BCUT2D eigenvalue weighted by molar-refractivity contribution is 6.63. The number of nitrogen functional groups attached to an aromatic ring is 1. The van der Waals surface area contributed by atoms with Gasteiger partial charge in [0.2, 0.25) is 0 Å². The van der Waals surface area contributed by atoms with E-state index in [2.05, 4.69) is 4.98 Å². The number of carbonyl (C=O) groups excluding carboxylic acids is 1. The number of nitrogens with zero attached hydrogens (tertiary/aromatic N) is 1. The maximum absolute atomic E-state index is 10.9. The molecule has 0 aromatic carbocycles. The average Bonchev–Trinajstić information content (AvgIpc) is 2.48. The van der Waals surface area contributed by atoms with Crippen LogP contribution in [0.4, 0.5) is 5.69 Å². The molecule has 2 rings (SSSR count). The van der Waals surface area contributed by atoms with Crippen molar-refractivity contribution < 1.29 is 14.1 Å². The van der Waals surface area contributed by atoms with Gasteiger partial charge in [0, 0.05) is 11.8 Å². The Morgan fingerprint density at radius 1 is 1.28 bits per heavy atom. The Bertz CT molecular complexity index is 472. The van der Waals surface area contributed by atoms with E-state index in [0.29, 0.717) is 23.1 Å². The number of hydrogen-bond donors (Lipinski definition) is 1. The third-order valence-corrected chi connectivity index (χ3v) is 3.66. The molecule has 0 radical (unpaired) electrons. The van der Waals surface area contributed by atoms with Gasteiger partial charge in [0.05, 0.1) is 22.5 Å². The lowest BCUT2D eigenvalue weighted by molar-refractivity contribution is 0.00578. The zero-order chi connectivity index (χ0) is 13.6. The van der Waals surface area contributed by atoms with Crippen LogP contribution in [0.3, 0.4) is 0 Å². The van der Waals surface area contributed by atoms with Crippen LogP contribution in [0, 0.1) is 0 Å². The lowest BCUT2D eigenvalue weighted by Crippen LogP contribution is -2.41. The van der Waals surface area contributed by atoms with E-state index in [1.165, 1.54) is 6.20 Å². The number of anilines is 1. The fourth-order valence-electron chi connectivity index (χ4n) is 1.75. The summed E-state index contributed by atoms with van der Waals surface area (Å²) in [5.41, 5.74) is 6.15. The van der Waals surface area contributed by atoms with Crippen molar-refractivity contribution in [1.82, 2.24) is 4.98 Å². The molecule has 2 heterocycles. The van der Waals surface area contributed by atoms with Crippen molar-refractivity contribution in [1.29, 1.82) is 0 Å². The fraction of sp³-hybridized carbons (Fsp3) is 0.500. The molecule has 5 nitrogen and oxygen atoms in total. The zero-order valence-electron chi connectivity index (χ0n) is 11.1. The van der Waals surface area contributed by atoms with Crippen LogP contribution in [0.2, 0.25) is 0 Å². The van der Waals surface area contributed by atoms with Gasteiger partial charge >= 0.3 is 7.12 Å². The van der Waals surface area contributed by atoms with Gasteiger partial charge in [-0.05, 0) is 33.8 Å². The summed E-state index contributed by atoms with van der Waals surface area (Å²) in [7, 11) is -0.644. The van der Waals surface area contributed by atoms with Crippen LogP contribution in [0.5, 0.6) is 0 Å². The Labute approximate surface area is 107 Å². The zero-order valence-corrected chi connectivity index (χ0v) is 11.1. The van der Waals surface area contributed by atoms with Crippen molar-refractivity contribution in [2.24, 2.45) is 0 Å².